The zero-order valence-electron chi connectivity index (χ0n) is 11.5. The molecule has 0 saturated carbocycles. The van der Waals surface area contributed by atoms with Crippen LogP contribution in [0.2, 0.25) is 0 Å². The number of aromatic carboxylic acids is 1. The van der Waals surface area contributed by atoms with Crippen LogP contribution in [0.3, 0.4) is 0 Å². The summed E-state index contributed by atoms with van der Waals surface area (Å²) >= 11 is 0. The van der Waals surface area contributed by atoms with Crippen LogP contribution >= 0.6 is 0 Å². The summed E-state index contributed by atoms with van der Waals surface area (Å²) in [5.74, 6) is -1.23. The zero-order chi connectivity index (χ0) is 15.0. The highest BCUT2D eigenvalue weighted by atomic mass is 16.4. The summed E-state index contributed by atoms with van der Waals surface area (Å²) < 4.78 is 0. The van der Waals surface area contributed by atoms with Gasteiger partial charge in [-0.05, 0) is 37.0 Å². The molecule has 0 spiro atoms. The first kappa shape index (κ1) is 13.6. The Labute approximate surface area is 121 Å². The predicted octanol–water partition coefficient (Wildman–Crippen LogP) is 0.943. The number of carboxylic acids is 1. The molecule has 110 valence electrons. The van der Waals surface area contributed by atoms with Crippen molar-refractivity contribution in [1.29, 1.82) is 0 Å². The Hall–Kier alpha value is -2.37. The summed E-state index contributed by atoms with van der Waals surface area (Å²) in [6, 6.07) is 4.50. The molecule has 6 heteroatoms. The third-order valence-electron chi connectivity index (χ3n) is 4.04. The van der Waals surface area contributed by atoms with Gasteiger partial charge < -0.3 is 15.3 Å². The number of hydrogen-bond acceptors (Lipinski definition) is 3. The summed E-state index contributed by atoms with van der Waals surface area (Å²) in [5.41, 5.74) is 1.61. The highest BCUT2D eigenvalue weighted by molar-refractivity contribution is 6.03. The Morgan fingerprint density at radius 2 is 2.10 bits per heavy atom. The maximum absolute atomic E-state index is 12.6. The highest BCUT2D eigenvalue weighted by Crippen LogP contribution is 2.31. The van der Waals surface area contributed by atoms with Gasteiger partial charge in [0.2, 0.25) is 11.8 Å². The molecule has 1 atom stereocenters. The molecule has 0 aliphatic carbocycles. The number of rotatable bonds is 2. The summed E-state index contributed by atoms with van der Waals surface area (Å²) in [7, 11) is 0. The van der Waals surface area contributed by atoms with E-state index >= 15 is 0 Å². The second kappa shape index (κ2) is 5.20. The molecule has 2 aliphatic heterocycles. The van der Waals surface area contributed by atoms with Crippen molar-refractivity contribution in [1.82, 2.24) is 5.32 Å². The third-order valence-corrected chi connectivity index (χ3v) is 4.04. The average molecular weight is 288 g/mol. The molecule has 2 N–H and O–H groups in total. The standard InChI is InChI=1S/C15H16N2O4/c18-13-7-6-11(16-13)14(19)17-8-2-4-9-10(15(20)21)3-1-5-12(9)17/h1,3,5,11H,2,4,6-8H2,(H,16,18)(H,20,21)/t11-/m1/s1. The molecule has 6 nitrogen and oxygen atoms in total. The molecule has 0 aromatic heterocycles. The monoisotopic (exact) mass is 288 g/mol. The second-order valence-electron chi connectivity index (χ2n) is 5.36. The minimum atomic E-state index is -0.977. The number of nitrogens with zero attached hydrogens (tertiary/aromatic N) is 1. The van der Waals surface area contributed by atoms with Gasteiger partial charge in [-0.3, -0.25) is 9.59 Å². The highest BCUT2D eigenvalue weighted by Gasteiger charge is 2.34. The Balaban J connectivity index is 1.94. The predicted molar refractivity (Wildman–Crippen MR) is 75.2 cm³/mol. The molecule has 0 unspecified atom stereocenters. The van der Waals surface area contributed by atoms with Crippen LogP contribution in [0.25, 0.3) is 0 Å². The number of amides is 2. The van der Waals surface area contributed by atoms with E-state index in [-0.39, 0.29) is 17.4 Å². The first-order valence-electron chi connectivity index (χ1n) is 7.04. The first-order valence-corrected chi connectivity index (χ1v) is 7.04. The van der Waals surface area contributed by atoms with Crippen LogP contribution < -0.4 is 10.2 Å². The smallest absolute Gasteiger partial charge is 0.336 e. The van der Waals surface area contributed by atoms with Crippen LogP contribution in [0.1, 0.15) is 35.2 Å². The Morgan fingerprint density at radius 3 is 2.76 bits per heavy atom. The molecule has 2 amide bonds. The first-order chi connectivity index (χ1) is 10.1. The summed E-state index contributed by atoms with van der Waals surface area (Å²) in [5, 5.41) is 11.9. The zero-order valence-corrected chi connectivity index (χ0v) is 11.5. The van der Waals surface area contributed by atoms with Crippen molar-refractivity contribution in [2.24, 2.45) is 0 Å². The SMILES string of the molecule is O=C1CC[C@H](C(=O)N2CCCc3c(C(=O)O)cccc32)N1. The molecular weight excluding hydrogens is 272 g/mol. The van der Waals surface area contributed by atoms with Crippen molar-refractivity contribution in [3.8, 4) is 0 Å². The molecule has 0 radical (unpaired) electrons. The number of fused-ring (bicyclic) bond motifs is 1. The van der Waals surface area contributed by atoms with Crippen LogP contribution in [0, 0.1) is 0 Å². The van der Waals surface area contributed by atoms with Crippen molar-refractivity contribution in [3.05, 3.63) is 29.3 Å². The third kappa shape index (κ3) is 2.37. The molecule has 1 fully saturated rings. The van der Waals surface area contributed by atoms with Crippen LogP contribution in [0.5, 0.6) is 0 Å². The largest absolute Gasteiger partial charge is 0.478 e. The van der Waals surface area contributed by atoms with E-state index < -0.39 is 12.0 Å². The van der Waals surface area contributed by atoms with E-state index in [2.05, 4.69) is 5.32 Å². The summed E-state index contributed by atoms with van der Waals surface area (Å²) in [6.45, 7) is 0.557. The lowest BCUT2D eigenvalue weighted by molar-refractivity contribution is -0.124. The molecule has 2 heterocycles. The van der Waals surface area contributed by atoms with Gasteiger partial charge in [0.25, 0.3) is 0 Å². The fourth-order valence-electron chi connectivity index (χ4n) is 3.04. The van der Waals surface area contributed by atoms with Gasteiger partial charge >= 0.3 is 5.97 Å². The van der Waals surface area contributed by atoms with Gasteiger partial charge in [-0.15, -0.1) is 0 Å². The fraction of sp³-hybridized carbons (Fsp3) is 0.400. The van der Waals surface area contributed by atoms with Gasteiger partial charge in [0.15, 0.2) is 0 Å². The topological polar surface area (TPSA) is 86.7 Å². The Kier molecular flexibility index (Phi) is 3.37. The molecule has 2 aliphatic rings. The van der Waals surface area contributed by atoms with Gasteiger partial charge in [-0.25, -0.2) is 4.79 Å². The molecule has 21 heavy (non-hydrogen) atoms. The van der Waals surface area contributed by atoms with E-state index in [9.17, 15) is 19.5 Å². The van der Waals surface area contributed by atoms with Crippen molar-refractivity contribution >= 4 is 23.5 Å². The van der Waals surface area contributed by atoms with E-state index in [4.69, 9.17) is 0 Å². The molecule has 3 rings (SSSR count). The van der Waals surface area contributed by atoms with Crippen molar-refractivity contribution in [2.45, 2.75) is 31.7 Å². The lowest BCUT2D eigenvalue weighted by atomic mass is 9.95. The van der Waals surface area contributed by atoms with Gasteiger partial charge in [-0.2, -0.15) is 0 Å². The fourth-order valence-corrected chi connectivity index (χ4v) is 3.04. The number of carboxylic acid groups (broad SMARTS) is 1. The van der Waals surface area contributed by atoms with E-state index in [1.165, 1.54) is 0 Å². The number of hydrogen-bond donors (Lipinski definition) is 2. The molecule has 1 aromatic carbocycles. The van der Waals surface area contributed by atoms with Gasteiger partial charge in [0.1, 0.15) is 6.04 Å². The minimum absolute atomic E-state index is 0.107. The molecule has 1 saturated heterocycles. The summed E-state index contributed by atoms with van der Waals surface area (Å²) in [6.07, 6.45) is 2.25. The van der Waals surface area contributed by atoms with E-state index in [0.29, 0.717) is 37.1 Å². The van der Waals surface area contributed by atoms with Crippen LogP contribution in [0.4, 0.5) is 5.69 Å². The van der Waals surface area contributed by atoms with Crippen LogP contribution in [0.15, 0.2) is 18.2 Å². The Bertz CT molecular complexity index is 626. The minimum Gasteiger partial charge on any atom is -0.478 e. The van der Waals surface area contributed by atoms with E-state index in [0.717, 1.165) is 6.42 Å². The van der Waals surface area contributed by atoms with E-state index in [1.807, 2.05) is 0 Å². The number of benzene rings is 1. The maximum atomic E-state index is 12.6. The van der Waals surface area contributed by atoms with Crippen molar-refractivity contribution < 1.29 is 19.5 Å². The van der Waals surface area contributed by atoms with Crippen molar-refractivity contribution in [3.63, 3.8) is 0 Å². The molecule has 0 bridgehead atoms. The van der Waals surface area contributed by atoms with Crippen molar-refractivity contribution in [2.75, 3.05) is 11.4 Å². The lowest BCUT2D eigenvalue weighted by Crippen LogP contribution is -2.46. The number of carbonyl (C=O) groups excluding carboxylic acids is 2. The van der Waals surface area contributed by atoms with E-state index in [1.54, 1.807) is 23.1 Å². The normalized spacial score (nSPS) is 20.9. The van der Waals surface area contributed by atoms with Gasteiger partial charge in [0.05, 0.1) is 5.56 Å². The van der Waals surface area contributed by atoms with Crippen LogP contribution in [-0.2, 0) is 16.0 Å². The Morgan fingerprint density at radius 1 is 1.29 bits per heavy atom. The lowest BCUT2D eigenvalue weighted by Gasteiger charge is -2.32. The average Bonchev–Trinajstić information content (AvgIpc) is 2.91. The maximum Gasteiger partial charge on any atom is 0.336 e. The van der Waals surface area contributed by atoms with Crippen LogP contribution in [-0.4, -0.2) is 35.5 Å². The molecule has 1 aromatic rings. The number of anilines is 1. The second-order valence-corrected chi connectivity index (χ2v) is 5.36. The van der Waals surface area contributed by atoms with Gasteiger partial charge in [-0.1, -0.05) is 6.07 Å². The number of nitrogens with one attached hydrogen (secondary N) is 1. The number of carbonyl (C=O) groups is 3. The summed E-state index contributed by atoms with van der Waals surface area (Å²) in [4.78, 5) is 36.7. The van der Waals surface area contributed by atoms with Gasteiger partial charge in [0, 0.05) is 18.7 Å². The quantitative estimate of drug-likeness (QED) is 0.848. The molecular formula is C15H16N2O4.